The summed E-state index contributed by atoms with van der Waals surface area (Å²) < 4.78 is 6.21. The molecule has 4 rings (SSSR count). The van der Waals surface area contributed by atoms with E-state index in [0.717, 1.165) is 5.56 Å². The molecular formula is C22H18Cl3NO3. The lowest BCUT2D eigenvalue weighted by Crippen LogP contribution is -2.52. The maximum absolute atomic E-state index is 12.7. The van der Waals surface area contributed by atoms with Crippen molar-refractivity contribution in [3.63, 3.8) is 0 Å². The molecule has 0 unspecified atom stereocenters. The number of rotatable bonds is 2. The molecule has 4 nitrogen and oxygen atoms in total. The number of ketones is 1. The van der Waals surface area contributed by atoms with Crippen molar-refractivity contribution in [2.24, 2.45) is 0 Å². The lowest BCUT2D eigenvalue weighted by atomic mass is 9.82. The summed E-state index contributed by atoms with van der Waals surface area (Å²) in [6.07, 6.45) is 4.72. The molecule has 29 heavy (non-hydrogen) atoms. The van der Waals surface area contributed by atoms with Crippen LogP contribution in [-0.2, 0) is 4.79 Å². The monoisotopic (exact) mass is 449 g/mol. The lowest BCUT2D eigenvalue weighted by Gasteiger charge is -2.44. The second-order valence-corrected chi connectivity index (χ2v) is 8.64. The molecule has 2 aliphatic heterocycles. The molecule has 0 saturated carbocycles. The van der Waals surface area contributed by atoms with Crippen molar-refractivity contribution in [2.75, 3.05) is 13.1 Å². The van der Waals surface area contributed by atoms with Gasteiger partial charge in [0, 0.05) is 42.1 Å². The van der Waals surface area contributed by atoms with Gasteiger partial charge in [-0.2, -0.15) is 0 Å². The number of halogens is 3. The lowest BCUT2D eigenvalue weighted by molar-refractivity contribution is -0.129. The molecular weight excluding hydrogens is 433 g/mol. The predicted octanol–water partition coefficient (Wildman–Crippen LogP) is 5.69. The Morgan fingerprint density at radius 3 is 2.41 bits per heavy atom. The molecule has 7 heteroatoms. The highest BCUT2D eigenvalue weighted by Crippen LogP contribution is 2.44. The highest BCUT2D eigenvalue weighted by atomic mass is 35.5. The molecule has 0 bridgehead atoms. The number of nitrogens with zero attached hydrogens (tertiary/aromatic N) is 1. The van der Waals surface area contributed by atoms with Gasteiger partial charge in [0.1, 0.15) is 11.4 Å². The third kappa shape index (κ3) is 4.30. The molecule has 0 N–H and O–H groups in total. The van der Waals surface area contributed by atoms with Gasteiger partial charge in [-0.05, 0) is 35.9 Å². The van der Waals surface area contributed by atoms with E-state index in [1.807, 2.05) is 12.1 Å². The Morgan fingerprint density at radius 2 is 1.72 bits per heavy atom. The van der Waals surface area contributed by atoms with Gasteiger partial charge < -0.3 is 9.64 Å². The van der Waals surface area contributed by atoms with E-state index in [4.69, 9.17) is 39.5 Å². The highest BCUT2D eigenvalue weighted by Gasteiger charge is 2.44. The van der Waals surface area contributed by atoms with E-state index in [9.17, 15) is 9.59 Å². The van der Waals surface area contributed by atoms with Crippen LogP contribution in [0.25, 0.3) is 6.08 Å². The Balaban J connectivity index is 1.43. The zero-order chi connectivity index (χ0) is 20.6. The minimum Gasteiger partial charge on any atom is -0.484 e. The van der Waals surface area contributed by atoms with E-state index in [-0.39, 0.29) is 18.1 Å². The summed E-state index contributed by atoms with van der Waals surface area (Å²) in [7, 11) is 0. The van der Waals surface area contributed by atoms with Crippen LogP contribution in [0.15, 0.2) is 42.5 Å². The van der Waals surface area contributed by atoms with E-state index in [0.29, 0.717) is 52.3 Å². The summed E-state index contributed by atoms with van der Waals surface area (Å²) in [5.41, 5.74) is 0.706. The number of fused-ring (bicyclic) bond motifs is 1. The number of hydrogen-bond donors (Lipinski definition) is 0. The smallest absolute Gasteiger partial charge is 0.246 e. The minimum atomic E-state index is -0.627. The Labute approximate surface area is 184 Å². The summed E-state index contributed by atoms with van der Waals surface area (Å²) in [6.45, 7) is 1.02. The van der Waals surface area contributed by atoms with Crippen LogP contribution in [-0.4, -0.2) is 35.3 Å². The van der Waals surface area contributed by atoms with Crippen LogP contribution in [0.5, 0.6) is 5.75 Å². The first-order valence-corrected chi connectivity index (χ1v) is 10.4. The number of carbonyl (C=O) groups is 2. The van der Waals surface area contributed by atoms with Gasteiger partial charge in [-0.1, -0.05) is 46.9 Å². The van der Waals surface area contributed by atoms with E-state index >= 15 is 0 Å². The molecule has 1 amide bonds. The summed E-state index contributed by atoms with van der Waals surface area (Å²) in [5.74, 6) is 0.301. The largest absolute Gasteiger partial charge is 0.484 e. The van der Waals surface area contributed by atoms with Gasteiger partial charge in [-0.25, -0.2) is 0 Å². The number of Topliss-reactive ketones (excluding diaryl/α,β-unsaturated/α-hetero) is 1. The molecule has 0 radical (unpaired) electrons. The third-order valence-electron chi connectivity index (χ3n) is 5.38. The van der Waals surface area contributed by atoms with Gasteiger partial charge in [-0.3, -0.25) is 9.59 Å². The summed E-state index contributed by atoms with van der Waals surface area (Å²) in [6, 6.07) is 10.4. The first-order valence-electron chi connectivity index (χ1n) is 9.29. The van der Waals surface area contributed by atoms with Gasteiger partial charge >= 0.3 is 0 Å². The van der Waals surface area contributed by atoms with Crippen molar-refractivity contribution in [3.8, 4) is 5.75 Å². The molecule has 0 aliphatic carbocycles. The SMILES string of the molecule is O=C1CC2(CCN(C(=O)/C=C/c3ccc(Cl)cc3)CC2)Oc2c(Cl)cc(Cl)cc21. The average Bonchev–Trinajstić information content (AvgIpc) is 2.69. The van der Waals surface area contributed by atoms with Crippen LogP contribution in [0, 0.1) is 0 Å². The van der Waals surface area contributed by atoms with Crippen LogP contribution in [0.4, 0.5) is 0 Å². The molecule has 2 aromatic rings. The van der Waals surface area contributed by atoms with Gasteiger partial charge in [0.15, 0.2) is 5.78 Å². The zero-order valence-electron chi connectivity index (χ0n) is 15.5. The normalized spacial score (nSPS) is 18.0. The number of likely N-dealkylation sites (tertiary alicyclic amines) is 1. The maximum Gasteiger partial charge on any atom is 0.246 e. The van der Waals surface area contributed by atoms with Crippen molar-refractivity contribution < 1.29 is 14.3 Å². The van der Waals surface area contributed by atoms with Crippen LogP contribution in [0.3, 0.4) is 0 Å². The van der Waals surface area contributed by atoms with E-state index < -0.39 is 5.60 Å². The first-order chi connectivity index (χ1) is 13.8. The number of carbonyl (C=O) groups excluding carboxylic acids is 2. The predicted molar refractivity (Wildman–Crippen MR) is 115 cm³/mol. The number of amides is 1. The van der Waals surface area contributed by atoms with Crippen LogP contribution < -0.4 is 4.74 Å². The fraction of sp³-hybridized carbons (Fsp3) is 0.273. The van der Waals surface area contributed by atoms with Crippen LogP contribution in [0.1, 0.15) is 35.2 Å². The highest BCUT2D eigenvalue weighted by molar-refractivity contribution is 6.36. The molecule has 1 saturated heterocycles. The molecule has 2 aromatic carbocycles. The molecule has 0 aromatic heterocycles. The standard InChI is InChI=1S/C22H18Cl3NO3/c23-15-4-1-14(2-5-15)3-6-20(28)26-9-7-22(8-10-26)13-19(27)17-11-16(24)12-18(25)21(17)29-22/h1-6,11-12H,7-10,13H2/b6-3+. The zero-order valence-corrected chi connectivity index (χ0v) is 17.7. The molecule has 2 heterocycles. The molecule has 150 valence electrons. The van der Waals surface area contributed by atoms with Crippen molar-refractivity contribution in [1.29, 1.82) is 0 Å². The molecule has 0 atom stereocenters. The summed E-state index contributed by atoms with van der Waals surface area (Å²) in [5, 5.41) is 1.40. The summed E-state index contributed by atoms with van der Waals surface area (Å²) in [4.78, 5) is 27.0. The van der Waals surface area contributed by atoms with Crippen molar-refractivity contribution >= 4 is 52.6 Å². The van der Waals surface area contributed by atoms with Gasteiger partial charge in [-0.15, -0.1) is 0 Å². The van der Waals surface area contributed by atoms with Gasteiger partial charge in [0.05, 0.1) is 17.0 Å². The number of piperidine rings is 1. The number of benzene rings is 2. The Hall–Kier alpha value is -2.01. The van der Waals surface area contributed by atoms with E-state index in [1.54, 1.807) is 41.3 Å². The quantitative estimate of drug-likeness (QED) is 0.552. The molecule has 2 aliphatic rings. The second kappa shape index (κ2) is 8.02. The van der Waals surface area contributed by atoms with Crippen molar-refractivity contribution in [3.05, 3.63) is 68.7 Å². The topological polar surface area (TPSA) is 46.6 Å². The fourth-order valence-corrected chi connectivity index (χ4v) is 4.43. The molecule has 1 fully saturated rings. The second-order valence-electron chi connectivity index (χ2n) is 7.36. The minimum absolute atomic E-state index is 0.0296. The Kier molecular flexibility index (Phi) is 5.60. The number of hydrogen-bond acceptors (Lipinski definition) is 3. The Bertz CT molecular complexity index is 993. The molecule has 1 spiro atoms. The fourth-order valence-electron chi connectivity index (χ4n) is 3.77. The number of ether oxygens (including phenoxy) is 1. The maximum atomic E-state index is 12.7. The average molecular weight is 451 g/mol. The van der Waals surface area contributed by atoms with Crippen LogP contribution in [0.2, 0.25) is 15.1 Å². The third-order valence-corrected chi connectivity index (χ3v) is 6.14. The van der Waals surface area contributed by atoms with Crippen molar-refractivity contribution in [1.82, 2.24) is 4.90 Å². The summed E-state index contributed by atoms with van der Waals surface area (Å²) >= 11 is 18.1. The van der Waals surface area contributed by atoms with Gasteiger partial charge in [0.25, 0.3) is 0 Å². The Morgan fingerprint density at radius 1 is 1.03 bits per heavy atom. The van der Waals surface area contributed by atoms with E-state index in [1.165, 1.54) is 0 Å². The van der Waals surface area contributed by atoms with E-state index in [2.05, 4.69) is 0 Å². The van der Waals surface area contributed by atoms with Crippen LogP contribution >= 0.6 is 34.8 Å². The van der Waals surface area contributed by atoms with Gasteiger partial charge in [0.2, 0.25) is 5.91 Å². The van der Waals surface area contributed by atoms with Crippen molar-refractivity contribution in [2.45, 2.75) is 24.9 Å². The first kappa shape index (κ1) is 20.3.